The number of thiol groups is 2. The number of hydrogen-bond acceptors (Lipinski definition) is 5. The van der Waals surface area contributed by atoms with Crippen LogP contribution >= 0.6 is 25.3 Å². The maximum atomic E-state index is 4.59. The fraction of sp³-hybridized carbons (Fsp3) is 0.429. The van der Waals surface area contributed by atoms with Gasteiger partial charge in [0.05, 0.1) is 0 Å². The van der Waals surface area contributed by atoms with Crippen molar-refractivity contribution in [1.29, 1.82) is 0 Å². The maximum absolute atomic E-state index is 4.59. The van der Waals surface area contributed by atoms with Gasteiger partial charge in [-0.05, 0) is 54.8 Å². The van der Waals surface area contributed by atoms with Crippen LogP contribution in [0, 0.1) is 0 Å². The Morgan fingerprint density at radius 3 is 2.23 bits per heavy atom. The van der Waals surface area contributed by atoms with E-state index in [1.54, 1.807) is 0 Å². The van der Waals surface area contributed by atoms with Gasteiger partial charge in [0.15, 0.2) is 0 Å². The van der Waals surface area contributed by atoms with Crippen LogP contribution in [0.25, 0.3) is 11.1 Å². The summed E-state index contributed by atoms with van der Waals surface area (Å²) in [4.78, 5) is 2.11. The minimum absolute atomic E-state index is 0.0295. The number of nitrogens with zero attached hydrogens (tertiary/aromatic N) is 1. The smallest absolute Gasteiger partial charge is 0.0386 e. The summed E-state index contributed by atoms with van der Waals surface area (Å²) in [6.07, 6.45) is 0. The zero-order valence-electron chi connectivity index (χ0n) is 16.2. The van der Waals surface area contributed by atoms with Crippen LogP contribution in [0.5, 0.6) is 0 Å². The molecule has 5 heteroatoms. The Bertz CT molecular complexity index is 691. The molecule has 0 radical (unpaired) electrons. The van der Waals surface area contributed by atoms with Gasteiger partial charge in [-0.15, -0.1) is 0 Å². The van der Waals surface area contributed by atoms with E-state index >= 15 is 0 Å². The molecule has 26 heavy (non-hydrogen) atoms. The highest BCUT2D eigenvalue weighted by Gasteiger charge is 2.11. The van der Waals surface area contributed by atoms with Gasteiger partial charge in [0, 0.05) is 55.6 Å². The molecule has 3 nitrogen and oxygen atoms in total. The van der Waals surface area contributed by atoms with Crippen LogP contribution in [-0.4, -0.2) is 37.7 Å². The first-order chi connectivity index (χ1) is 12.3. The van der Waals surface area contributed by atoms with Gasteiger partial charge in [-0.1, -0.05) is 18.2 Å². The van der Waals surface area contributed by atoms with Gasteiger partial charge in [0.1, 0.15) is 0 Å². The van der Waals surface area contributed by atoms with Gasteiger partial charge < -0.3 is 15.5 Å². The first-order valence-electron chi connectivity index (χ1n) is 8.99. The molecule has 0 saturated carbocycles. The lowest BCUT2D eigenvalue weighted by molar-refractivity contribution is 0.594. The topological polar surface area (TPSA) is 27.3 Å². The van der Waals surface area contributed by atoms with E-state index in [-0.39, 0.29) is 4.75 Å². The molecule has 0 unspecified atom stereocenters. The minimum atomic E-state index is -0.0295. The zero-order valence-corrected chi connectivity index (χ0v) is 18.0. The van der Waals surface area contributed by atoms with E-state index in [4.69, 9.17) is 0 Å². The SMILES string of the molecule is CN(C)c1ccc(-c2ccc(NCCS)c(CNCC(C)(C)S)c2)cc1. The number of benzene rings is 2. The fourth-order valence-corrected chi connectivity index (χ4v) is 2.96. The molecule has 2 N–H and O–H groups in total. The molecule has 2 aromatic rings. The highest BCUT2D eigenvalue weighted by molar-refractivity contribution is 7.81. The number of nitrogens with one attached hydrogen (secondary N) is 2. The second kappa shape index (κ2) is 9.58. The van der Waals surface area contributed by atoms with Gasteiger partial charge in [0.2, 0.25) is 0 Å². The van der Waals surface area contributed by atoms with Crippen molar-refractivity contribution in [3.05, 3.63) is 48.0 Å². The largest absolute Gasteiger partial charge is 0.384 e. The Labute approximate surface area is 169 Å². The monoisotopic (exact) mass is 389 g/mol. The molecule has 142 valence electrons. The minimum Gasteiger partial charge on any atom is -0.384 e. The zero-order chi connectivity index (χ0) is 19.2. The molecular weight excluding hydrogens is 358 g/mol. The van der Waals surface area contributed by atoms with E-state index in [0.29, 0.717) is 0 Å². The van der Waals surface area contributed by atoms with Crippen molar-refractivity contribution in [2.75, 3.05) is 43.2 Å². The Balaban J connectivity index is 2.23. The Kier molecular flexibility index (Phi) is 7.74. The summed E-state index contributed by atoms with van der Waals surface area (Å²) < 4.78 is -0.0295. The molecule has 2 rings (SSSR count). The summed E-state index contributed by atoms with van der Waals surface area (Å²) in [6, 6.07) is 15.3. The lowest BCUT2D eigenvalue weighted by Crippen LogP contribution is -2.30. The van der Waals surface area contributed by atoms with Crippen molar-refractivity contribution >= 4 is 36.6 Å². The van der Waals surface area contributed by atoms with Crippen LogP contribution in [0.3, 0.4) is 0 Å². The molecule has 0 aliphatic rings. The van der Waals surface area contributed by atoms with Crippen molar-refractivity contribution in [3.63, 3.8) is 0 Å². The van der Waals surface area contributed by atoms with E-state index in [1.807, 2.05) is 0 Å². The predicted octanol–water partition coefficient (Wildman–Crippen LogP) is 4.56. The average Bonchev–Trinajstić information content (AvgIpc) is 2.59. The molecule has 0 bridgehead atoms. The van der Waals surface area contributed by atoms with Gasteiger partial charge in [0.25, 0.3) is 0 Å². The van der Waals surface area contributed by atoms with Gasteiger partial charge >= 0.3 is 0 Å². The summed E-state index contributed by atoms with van der Waals surface area (Å²) in [5, 5.41) is 6.99. The number of anilines is 2. The third kappa shape index (κ3) is 6.45. The van der Waals surface area contributed by atoms with Crippen LogP contribution in [0.4, 0.5) is 11.4 Å². The Morgan fingerprint density at radius 1 is 1.00 bits per heavy atom. The van der Waals surface area contributed by atoms with Crippen molar-refractivity contribution in [3.8, 4) is 11.1 Å². The van der Waals surface area contributed by atoms with Crippen molar-refractivity contribution in [1.82, 2.24) is 5.32 Å². The normalized spacial score (nSPS) is 11.5. The first-order valence-corrected chi connectivity index (χ1v) is 10.1. The molecular formula is C21H31N3S2. The fourth-order valence-electron chi connectivity index (χ4n) is 2.74. The van der Waals surface area contributed by atoms with E-state index < -0.39 is 0 Å². The molecule has 0 aliphatic carbocycles. The van der Waals surface area contributed by atoms with Crippen LogP contribution in [0.15, 0.2) is 42.5 Å². The summed E-state index contributed by atoms with van der Waals surface area (Å²) >= 11 is 8.90. The molecule has 0 amide bonds. The van der Waals surface area contributed by atoms with Crippen LogP contribution in [0.1, 0.15) is 19.4 Å². The third-order valence-corrected chi connectivity index (χ3v) is 4.50. The first kappa shape index (κ1) is 21.0. The van der Waals surface area contributed by atoms with Gasteiger partial charge in [-0.2, -0.15) is 25.3 Å². The molecule has 0 aliphatic heterocycles. The van der Waals surface area contributed by atoms with E-state index in [2.05, 4.69) is 111 Å². The van der Waals surface area contributed by atoms with Crippen LogP contribution in [-0.2, 0) is 6.54 Å². The predicted molar refractivity (Wildman–Crippen MR) is 123 cm³/mol. The molecule has 0 atom stereocenters. The van der Waals surface area contributed by atoms with Gasteiger partial charge in [-0.3, -0.25) is 0 Å². The van der Waals surface area contributed by atoms with Crippen LogP contribution < -0.4 is 15.5 Å². The molecule has 0 aromatic heterocycles. The van der Waals surface area contributed by atoms with E-state index in [9.17, 15) is 0 Å². The second-order valence-corrected chi connectivity index (χ2v) is 9.04. The molecule has 0 heterocycles. The van der Waals surface area contributed by atoms with Crippen molar-refractivity contribution in [2.45, 2.75) is 25.1 Å². The van der Waals surface area contributed by atoms with E-state index in [0.717, 1.165) is 31.1 Å². The third-order valence-electron chi connectivity index (χ3n) is 4.12. The van der Waals surface area contributed by atoms with Crippen molar-refractivity contribution in [2.24, 2.45) is 0 Å². The van der Waals surface area contributed by atoms with E-state index in [1.165, 1.54) is 22.4 Å². The summed E-state index contributed by atoms with van der Waals surface area (Å²) in [7, 11) is 4.12. The summed E-state index contributed by atoms with van der Waals surface area (Å²) in [5.74, 6) is 0.810. The molecule has 0 saturated heterocycles. The maximum Gasteiger partial charge on any atom is 0.0386 e. The number of rotatable bonds is 9. The molecule has 0 fully saturated rings. The lowest BCUT2D eigenvalue weighted by Gasteiger charge is -2.20. The highest BCUT2D eigenvalue weighted by atomic mass is 32.1. The average molecular weight is 390 g/mol. The molecule has 0 spiro atoms. The highest BCUT2D eigenvalue weighted by Crippen LogP contribution is 2.27. The quantitative estimate of drug-likeness (QED) is 0.474. The standard InChI is InChI=1S/C21H31N3S2/c1-21(2,26)15-22-14-18-13-17(7-10-20(18)23-11-12-25)16-5-8-19(9-6-16)24(3)4/h5-10,13,22-23,25-26H,11-12,14-15H2,1-4H3. The lowest BCUT2D eigenvalue weighted by atomic mass is 10.0. The number of hydrogen-bond donors (Lipinski definition) is 4. The van der Waals surface area contributed by atoms with Gasteiger partial charge in [-0.25, -0.2) is 0 Å². The second-order valence-electron chi connectivity index (χ2n) is 7.38. The Morgan fingerprint density at radius 2 is 1.65 bits per heavy atom. The van der Waals surface area contributed by atoms with Crippen LogP contribution in [0.2, 0.25) is 0 Å². The molecule has 2 aromatic carbocycles. The summed E-state index contributed by atoms with van der Waals surface area (Å²) in [6.45, 7) is 6.75. The van der Waals surface area contributed by atoms with Crippen molar-refractivity contribution < 1.29 is 0 Å². The summed E-state index contributed by atoms with van der Waals surface area (Å²) in [5.41, 5.74) is 6.09. The Hall–Kier alpha value is -1.30.